The second-order valence-corrected chi connectivity index (χ2v) is 3.67. The van der Waals surface area contributed by atoms with Gasteiger partial charge in [0.2, 0.25) is 5.91 Å². The minimum absolute atomic E-state index is 0.0266. The fourth-order valence-electron chi connectivity index (χ4n) is 1.98. The third-order valence-corrected chi connectivity index (χ3v) is 2.66. The summed E-state index contributed by atoms with van der Waals surface area (Å²) >= 11 is 0. The van der Waals surface area contributed by atoms with Crippen LogP contribution in [0.2, 0.25) is 0 Å². The number of phenols is 1. The number of carbonyl (C=O) groups is 1. The molecule has 4 heteroatoms. The molecule has 0 unspecified atom stereocenters. The Balaban J connectivity index is 2.59. The second kappa shape index (κ2) is 3.53. The zero-order chi connectivity index (χ0) is 11.0. The number of anilines is 1. The number of nitrogens with zero attached hydrogens (tertiary/aromatic N) is 1. The molecule has 1 aromatic carbocycles. The number of benzene rings is 1. The summed E-state index contributed by atoms with van der Waals surface area (Å²) < 4.78 is 13.4. The van der Waals surface area contributed by atoms with Gasteiger partial charge in [0.25, 0.3) is 0 Å². The summed E-state index contributed by atoms with van der Waals surface area (Å²) in [6.45, 7) is 1.96. The van der Waals surface area contributed by atoms with E-state index in [1.54, 1.807) is 0 Å². The molecule has 80 valence electrons. The molecule has 1 N–H and O–H groups in total. The summed E-state index contributed by atoms with van der Waals surface area (Å²) in [6, 6.07) is 2.52. The van der Waals surface area contributed by atoms with Gasteiger partial charge in [0.1, 0.15) is 11.6 Å². The molecule has 0 spiro atoms. The van der Waals surface area contributed by atoms with E-state index in [4.69, 9.17) is 0 Å². The first-order valence-corrected chi connectivity index (χ1v) is 4.89. The lowest BCUT2D eigenvalue weighted by atomic mass is 10.0. The van der Waals surface area contributed by atoms with E-state index >= 15 is 0 Å². The van der Waals surface area contributed by atoms with Crippen molar-refractivity contribution in [1.29, 1.82) is 0 Å². The summed E-state index contributed by atoms with van der Waals surface area (Å²) in [6.07, 6.45) is 1.30. The van der Waals surface area contributed by atoms with Gasteiger partial charge in [-0.3, -0.25) is 4.79 Å². The largest absolute Gasteiger partial charge is 0.506 e. The van der Waals surface area contributed by atoms with Crippen LogP contribution in [0.3, 0.4) is 0 Å². The number of hydrogen-bond donors (Lipinski definition) is 1. The molecule has 1 aliphatic rings. The molecule has 0 aromatic heterocycles. The maximum absolute atomic E-state index is 13.4. The standard InChI is InChI=1S/C11H12FNO2/c1-7(14)13-6-2-3-8-9(12)4-5-10(15)11(8)13/h4-5,15H,2-3,6H2,1H3. The predicted molar refractivity (Wildman–Crippen MR) is 54.4 cm³/mol. The number of hydrogen-bond acceptors (Lipinski definition) is 2. The van der Waals surface area contributed by atoms with Crippen molar-refractivity contribution in [3.05, 3.63) is 23.5 Å². The van der Waals surface area contributed by atoms with Crippen LogP contribution in [0.4, 0.5) is 10.1 Å². The normalized spacial score (nSPS) is 14.9. The van der Waals surface area contributed by atoms with Crippen LogP contribution in [0, 0.1) is 5.82 Å². The van der Waals surface area contributed by atoms with Crippen LogP contribution in [-0.2, 0) is 11.2 Å². The Hall–Kier alpha value is -1.58. The Morgan fingerprint density at radius 1 is 1.53 bits per heavy atom. The minimum Gasteiger partial charge on any atom is -0.506 e. The van der Waals surface area contributed by atoms with E-state index in [0.29, 0.717) is 24.2 Å². The van der Waals surface area contributed by atoms with Crippen molar-refractivity contribution in [3.8, 4) is 5.75 Å². The van der Waals surface area contributed by atoms with Gasteiger partial charge in [-0.1, -0.05) is 0 Å². The molecule has 0 radical (unpaired) electrons. The van der Waals surface area contributed by atoms with Crippen molar-refractivity contribution in [2.75, 3.05) is 11.4 Å². The minimum atomic E-state index is -0.353. The van der Waals surface area contributed by atoms with E-state index in [2.05, 4.69) is 0 Å². The van der Waals surface area contributed by atoms with Crippen LogP contribution in [-0.4, -0.2) is 17.6 Å². The topological polar surface area (TPSA) is 40.5 Å². The third kappa shape index (κ3) is 1.56. The van der Waals surface area contributed by atoms with Gasteiger partial charge in [-0.05, 0) is 25.0 Å². The van der Waals surface area contributed by atoms with Gasteiger partial charge in [-0.2, -0.15) is 0 Å². The molecule has 1 aliphatic heterocycles. The molecule has 0 atom stereocenters. The van der Waals surface area contributed by atoms with Gasteiger partial charge in [-0.15, -0.1) is 0 Å². The highest BCUT2D eigenvalue weighted by molar-refractivity contribution is 5.94. The summed E-state index contributed by atoms with van der Waals surface area (Å²) in [5.74, 6) is -0.549. The molecule has 1 heterocycles. The molecular weight excluding hydrogens is 197 g/mol. The smallest absolute Gasteiger partial charge is 0.223 e. The number of fused-ring (bicyclic) bond motifs is 1. The second-order valence-electron chi connectivity index (χ2n) is 3.67. The number of aromatic hydroxyl groups is 1. The first kappa shape index (κ1) is 9.96. The van der Waals surface area contributed by atoms with Crippen LogP contribution >= 0.6 is 0 Å². The van der Waals surface area contributed by atoms with Gasteiger partial charge < -0.3 is 10.0 Å². The fourth-order valence-corrected chi connectivity index (χ4v) is 1.98. The molecule has 0 saturated carbocycles. The van der Waals surface area contributed by atoms with Gasteiger partial charge >= 0.3 is 0 Å². The summed E-state index contributed by atoms with van der Waals surface area (Å²) in [7, 11) is 0. The highest BCUT2D eigenvalue weighted by atomic mass is 19.1. The van der Waals surface area contributed by atoms with E-state index < -0.39 is 0 Å². The van der Waals surface area contributed by atoms with Gasteiger partial charge in [-0.25, -0.2) is 4.39 Å². The van der Waals surface area contributed by atoms with Crippen LogP contribution in [0.15, 0.2) is 12.1 Å². The lowest BCUT2D eigenvalue weighted by Gasteiger charge is -2.29. The fraction of sp³-hybridized carbons (Fsp3) is 0.364. The van der Waals surface area contributed by atoms with Crippen LogP contribution < -0.4 is 4.90 Å². The molecule has 0 fully saturated rings. The van der Waals surface area contributed by atoms with Gasteiger partial charge in [0, 0.05) is 19.0 Å². The Morgan fingerprint density at radius 2 is 2.27 bits per heavy atom. The third-order valence-electron chi connectivity index (χ3n) is 2.66. The van der Waals surface area contributed by atoms with Crippen molar-refractivity contribution < 1.29 is 14.3 Å². The Bertz CT molecular complexity index is 417. The van der Waals surface area contributed by atoms with Crippen LogP contribution in [0.1, 0.15) is 18.9 Å². The van der Waals surface area contributed by atoms with E-state index in [-0.39, 0.29) is 17.5 Å². The molecule has 1 aromatic rings. The summed E-state index contributed by atoms with van der Waals surface area (Å²) in [5.41, 5.74) is 0.783. The van der Waals surface area contributed by atoms with Crippen LogP contribution in [0.5, 0.6) is 5.75 Å². The summed E-state index contributed by atoms with van der Waals surface area (Å²) in [4.78, 5) is 12.7. The Morgan fingerprint density at radius 3 is 2.93 bits per heavy atom. The van der Waals surface area contributed by atoms with E-state index in [1.165, 1.54) is 24.0 Å². The number of phenolic OH excluding ortho intramolecular Hbond substituents is 1. The maximum atomic E-state index is 13.4. The zero-order valence-corrected chi connectivity index (χ0v) is 8.46. The first-order chi connectivity index (χ1) is 7.11. The predicted octanol–water partition coefficient (Wildman–Crippen LogP) is 1.83. The highest BCUT2D eigenvalue weighted by Gasteiger charge is 2.25. The summed E-state index contributed by atoms with van der Waals surface area (Å²) in [5, 5.41) is 9.64. The lowest BCUT2D eigenvalue weighted by Crippen LogP contribution is -2.34. The molecule has 0 saturated heterocycles. The molecule has 3 nitrogen and oxygen atoms in total. The number of amides is 1. The van der Waals surface area contributed by atoms with E-state index in [1.807, 2.05) is 0 Å². The van der Waals surface area contributed by atoms with Crippen molar-refractivity contribution >= 4 is 11.6 Å². The van der Waals surface area contributed by atoms with Crippen molar-refractivity contribution in [2.45, 2.75) is 19.8 Å². The zero-order valence-electron chi connectivity index (χ0n) is 8.46. The number of carbonyl (C=O) groups excluding carboxylic acids is 1. The Kier molecular flexibility index (Phi) is 2.34. The molecule has 0 aliphatic carbocycles. The van der Waals surface area contributed by atoms with Gasteiger partial charge in [0.15, 0.2) is 0 Å². The molecule has 2 rings (SSSR count). The SMILES string of the molecule is CC(=O)N1CCCc2c(F)ccc(O)c21. The molecule has 1 amide bonds. The van der Waals surface area contributed by atoms with E-state index in [9.17, 15) is 14.3 Å². The monoisotopic (exact) mass is 209 g/mol. The van der Waals surface area contributed by atoms with Gasteiger partial charge in [0.05, 0.1) is 5.69 Å². The lowest BCUT2D eigenvalue weighted by molar-refractivity contribution is -0.116. The molecule has 15 heavy (non-hydrogen) atoms. The van der Waals surface area contributed by atoms with Crippen LogP contribution in [0.25, 0.3) is 0 Å². The maximum Gasteiger partial charge on any atom is 0.223 e. The van der Waals surface area contributed by atoms with Crippen molar-refractivity contribution in [1.82, 2.24) is 0 Å². The van der Waals surface area contributed by atoms with Crippen molar-refractivity contribution in [3.63, 3.8) is 0 Å². The average Bonchev–Trinajstić information content (AvgIpc) is 2.23. The average molecular weight is 209 g/mol. The van der Waals surface area contributed by atoms with Crippen molar-refractivity contribution in [2.24, 2.45) is 0 Å². The Labute approximate surface area is 87.1 Å². The molecule has 0 bridgehead atoms. The quantitative estimate of drug-likeness (QED) is 0.708. The number of rotatable bonds is 0. The first-order valence-electron chi connectivity index (χ1n) is 4.89. The van der Waals surface area contributed by atoms with E-state index in [0.717, 1.165) is 6.42 Å². The number of halogens is 1. The highest BCUT2D eigenvalue weighted by Crippen LogP contribution is 2.36. The molecular formula is C11H12FNO2.